The fourth-order valence-corrected chi connectivity index (χ4v) is 4.87. The van der Waals surface area contributed by atoms with Crippen molar-refractivity contribution in [1.29, 1.82) is 0 Å². The minimum atomic E-state index is -4.25. The van der Waals surface area contributed by atoms with Gasteiger partial charge in [0.15, 0.2) is 0 Å². The highest BCUT2D eigenvalue weighted by Gasteiger charge is 2.30. The summed E-state index contributed by atoms with van der Waals surface area (Å²) < 4.78 is 65.1. The van der Waals surface area contributed by atoms with Crippen LogP contribution in [0.1, 0.15) is 73.0 Å². The number of fused-ring (bicyclic) bond motifs is 1. The van der Waals surface area contributed by atoms with E-state index in [0.717, 1.165) is 73.8 Å². The molecule has 5 rings (SSSR count). The second-order valence-corrected chi connectivity index (χ2v) is 9.81. The van der Waals surface area contributed by atoms with Crippen molar-refractivity contribution in [3.05, 3.63) is 99.5 Å². The average molecular weight is 545 g/mol. The Balaban J connectivity index is 0.000000298. The Kier molecular flexibility index (Phi) is 8.42. The Morgan fingerprint density at radius 1 is 0.949 bits per heavy atom. The number of aryl methyl sites for hydroxylation is 1. The van der Waals surface area contributed by atoms with Gasteiger partial charge in [-0.3, -0.25) is 19.3 Å². The smallest absolute Gasteiger partial charge is 0.286 e. The molecule has 0 unspecified atom stereocenters. The van der Waals surface area contributed by atoms with Crippen LogP contribution in [-0.4, -0.2) is 19.5 Å². The largest absolute Gasteiger partial charge is 0.416 e. The molecule has 0 bridgehead atoms. The maximum atomic E-state index is 14.1. The van der Waals surface area contributed by atoms with E-state index in [4.69, 9.17) is 0 Å². The van der Waals surface area contributed by atoms with Gasteiger partial charge < -0.3 is 0 Å². The molecule has 1 aliphatic rings. The predicted molar refractivity (Wildman–Crippen MR) is 139 cm³/mol. The highest BCUT2D eigenvalue weighted by molar-refractivity contribution is 5.76. The number of alkyl halides is 5. The second-order valence-electron chi connectivity index (χ2n) is 9.81. The zero-order chi connectivity index (χ0) is 28.2. The Morgan fingerprint density at radius 3 is 2.26 bits per heavy atom. The van der Waals surface area contributed by atoms with Crippen molar-refractivity contribution in [2.24, 2.45) is 0 Å². The van der Waals surface area contributed by atoms with Crippen molar-refractivity contribution >= 4 is 11.0 Å². The predicted octanol–water partition coefficient (Wildman–Crippen LogP) is 7.41. The summed E-state index contributed by atoms with van der Waals surface area (Å²) in [6, 6.07) is 10.5. The van der Waals surface area contributed by atoms with Gasteiger partial charge in [0, 0.05) is 47.7 Å². The number of hydrogen-bond donors (Lipinski definition) is 0. The zero-order valence-corrected chi connectivity index (χ0v) is 21.7. The van der Waals surface area contributed by atoms with Gasteiger partial charge in [-0.15, -0.1) is 0 Å². The van der Waals surface area contributed by atoms with Gasteiger partial charge in [-0.25, -0.2) is 13.8 Å². The molecular formula is C29H29F5N4O. The molecule has 4 heterocycles. The summed E-state index contributed by atoms with van der Waals surface area (Å²) in [5.41, 5.74) is 1.30. The highest BCUT2D eigenvalue weighted by atomic mass is 19.4. The van der Waals surface area contributed by atoms with Crippen LogP contribution in [-0.2, 0) is 18.6 Å². The maximum absolute atomic E-state index is 14.1. The molecule has 206 valence electrons. The molecule has 5 nitrogen and oxygen atoms in total. The van der Waals surface area contributed by atoms with Crippen LogP contribution in [0.5, 0.6) is 0 Å². The van der Waals surface area contributed by atoms with Crippen LogP contribution in [0.3, 0.4) is 0 Å². The minimum Gasteiger partial charge on any atom is -0.286 e. The summed E-state index contributed by atoms with van der Waals surface area (Å²) in [5, 5.41) is 0.858. The van der Waals surface area contributed by atoms with Crippen LogP contribution in [0.2, 0.25) is 0 Å². The summed E-state index contributed by atoms with van der Waals surface area (Å²) in [5.74, 6) is -2.82. The molecule has 0 amide bonds. The first kappa shape index (κ1) is 28.3. The summed E-state index contributed by atoms with van der Waals surface area (Å²) in [7, 11) is 0. The zero-order valence-electron chi connectivity index (χ0n) is 21.7. The fraction of sp³-hybridized carbons (Fsp3) is 0.379. The van der Waals surface area contributed by atoms with Gasteiger partial charge in [-0.05, 0) is 68.1 Å². The molecule has 0 spiro atoms. The molecule has 0 radical (unpaired) electrons. The van der Waals surface area contributed by atoms with Crippen molar-refractivity contribution in [3.63, 3.8) is 0 Å². The van der Waals surface area contributed by atoms with Crippen LogP contribution in [0.4, 0.5) is 22.0 Å². The van der Waals surface area contributed by atoms with E-state index in [1.54, 1.807) is 0 Å². The maximum Gasteiger partial charge on any atom is 0.416 e. The van der Waals surface area contributed by atoms with E-state index in [9.17, 15) is 26.7 Å². The topological polar surface area (TPSA) is 60.7 Å². The quantitative estimate of drug-likeness (QED) is 0.251. The number of nitrogens with zero attached hydrogens (tertiary/aromatic N) is 4. The molecule has 4 aromatic rings. The molecule has 0 aromatic carbocycles. The third kappa shape index (κ3) is 6.85. The molecule has 4 aromatic heterocycles. The summed E-state index contributed by atoms with van der Waals surface area (Å²) in [6.07, 6.45) is 4.86. The number of pyridine rings is 4. The van der Waals surface area contributed by atoms with Crippen molar-refractivity contribution in [2.45, 2.75) is 70.5 Å². The van der Waals surface area contributed by atoms with Crippen molar-refractivity contribution in [2.75, 3.05) is 0 Å². The van der Waals surface area contributed by atoms with Gasteiger partial charge in [0.1, 0.15) is 5.65 Å². The minimum absolute atomic E-state index is 0.0219. The molecule has 0 atom stereocenters. The molecule has 10 heteroatoms. The third-order valence-electron chi connectivity index (χ3n) is 6.83. The lowest BCUT2D eigenvalue weighted by Gasteiger charge is -2.23. The molecular weight excluding hydrogens is 515 g/mol. The SMILES string of the molecule is Cc1ccc2cc(C3CCCCC3)c(=O)n(Cc3ncccc3C(C)(F)F)c2n1.FC(F)(F)c1ccncc1. The molecule has 1 saturated carbocycles. The number of hydrogen-bond acceptors (Lipinski definition) is 4. The van der Waals surface area contributed by atoms with Crippen LogP contribution in [0.15, 0.2) is 65.8 Å². The monoisotopic (exact) mass is 544 g/mol. The van der Waals surface area contributed by atoms with E-state index >= 15 is 0 Å². The molecule has 39 heavy (non-hydrogen) atoms. The number of halogens is 5. The molecule has 1 fully saturated rings. The Labute approximate surface area is 222 Å². The van der Waals surface area contributed by atoms with Crippen LogP contribution >= 0.6 is 0 Å². The van der Waals surface area contributed by atoms with E-state index < -0.39 is 17.7 Å². The summed E-state index contributed by atoms with van der Waals surface area (Å²) in [6.45, 7) is 2.69. The lowest BCUT2D eigenvalue weighted by atomic mass is 9.84. The number of rotatable bonds is 4. The van der Waals surface area contributed by atoms with Gasteiger partial charge in [0.2, 0.25) is 0 Å². The highest BCUT2D eigenvalue weighted by Crippen LogP contribution is 2.33. The van der Waals surface area contributed by atoms with Crippen LogP contribution in [0.25, 0.3) is 11.0 Å². The Bertz CT molecular complexity index is 1470. The van der Waals surface area contributed by atoms with E-state index in [-0.39, 0.29) is 29.3 Å². The van der Waals surface area contributed by atoms with E-state index in [1.807, 2.05) is 25.1 Å². The van der Waals surface area contributed by atoms with Gasteiger partial charge >= 0.3 is 6.18 Å². The van der Waals surface area contributed by atoms with E-state index in [2.05, 4.69) is 15.0 Å². The Morgan fingerprint density at radius 2 is 1.64 bits per heavy atom. The molecule has 1 aliphatic carbocycles. The summed E-state index contributed by atoms with van der Waals surface area (Å²) >= 11 is 0. The molecule has 0 N–H and O–H groups in total. The Hall–Kier alpha value is -3.69. The normalized spacial score (nSPS) is 14.6. The summed E-state index contributed by atoms with van der Waals surface area (Å²) in [4.78, 5) is 25.7. The first-order valence-corrected chi connectivity index (χ1v) is 12.8. The van der Waals surface area contributed by atoms with E-state index in [1.165, 1.54) is 29.3 Å². The average Bonchev–Trinajstić information content (AvgIpc) is 2.91. The standard InChI is InChI=1S/C23H25F2N3O.C6H4F3N/c1-15-10-11-17-13-18(16-7-4-3-5-8-16)22(29)28(21(17)27-15)14-20-19(23(2,24)25)9-6-12-26-20;7-6(8,9)5-1-3-10-4-2-5/h6,9-13,16H,3-5,7-8,14H2,1-2H3;1-4H. The lowest BCUT2D eigenvalue weighted by Crippen LogP contribution is -2.29. The first-order chi connectivity index (χ1) is 18.4. The van der Waals surface area contributed by atoms with Crippen LogP contribution in [0, 0.1) is 6.92 Å². The van der Waals surface area contributed by atoms with Gasteiger partial charge in [0.25, 0.3) is 11.5 Å². The van der Waals surface area contributed by atoms with Crippen LogP contribution < -0.4 is 5.56 Å². The first-order valence-electron chi connectivity index (χ1n) is 12.8. The van der Waals surface area contributed by atoms with Crippen molar-refractivity contribution in [1.82, 2.24) is 19.5 Å². The van der Waals surface area contributed by atoms with Gasteiger partial charge in [-0.2, -0.15) is 13.2 Å². The second kappa shape index (κ2) is 11.6. The molecule has 0 saturated heterocycles. The third-order valence-corrected chi connectivity index (χ3v) is 6.83. The van der Waals surface area contributed by atoms with Gasteiger partial charge in [-0.1, -0.05) is 19.3 Å². The van der Waals surface area contributed by atoms with Crippen molar-refractivity contribution in [3.8, 4) is 0 Å². The lowest BCUT2D eigenvalue weighted by molar-refractivity contribution is -0.137. The van der Waals surface area contributed by atoms with Gasteiger partial charge in [0.05, 0.1) is 17.8 Å². The number of aromatic nitrogens is 4. The molecule has 0 aliphatic heterocycles. The van der Waals surface area contributed by atoms with E-state index in [0.29, 0.717) is 5.65 Å². The van der Waals surface area contributed by atoms with Crippen molar-refractivity contribution < 1.29 is 22.0 Å². The fourth-order valence-electron chi connectivity index (χ4n) is 4.87.